The van der Waals surface area contributed by atoms with Gasteiger partial charge in [-0.15, -0.1) is 8.78 Å². The van der Waals surface area contributed by atoms with E-state index < -0.39 is 12.3 Å². The number of ether oxygens (including phenoxy) is 2. The van der Waals surface area contributed by atoms with E-state index >= 15 is 0 Å². The van der Waals surface area contributed by atoms with E-state index in [-0.39, 0.29) is 11.5 Å². The van der Waals surface area contributed by atoms with Crippen molar-refractivity contribution in [3.8, 4) is 11.5 Å². The molecule has 0 unspecified atom stereocenters. The van der Waals surface area contributed by atoms with Crippen molar-refractivity contribution in [1.29, 1.82) is 0 Å². The van der Waals surface area contributed by atoms with Crippen molar-refractivity contribution in [3.63, 3.8) is 0 Å². The minimum atomic E-state index is -3.63. The van der Waals surface area contributed by atoms with Gasteiger partial charge >= 0.3 is 12.3 Å². The lowest BCUT2D eigenvalue weighted by Crippen LogP contribution is -2.25. The van der Waals surface area contributed by atoms with Crippen LogP contribution in [0.1, 0.15) is 5.56 Å². The van der Waals surface area contributed by atoms with Crippen LogP contribution in [-0.2, 0) is 11.2 Å². The molecule has 1 heterocycles. The maximum atomic E-state index is 12.7. The van der Waals surface area contributed by atoms with Crippen molar-refractivity contribution in [2.75, 3.05) is 0 Å². The van der Waals surface area contributed by atoms with Crippen LogP contribution < -0.4 is 9.47 Å². The van der Waals surface area contributed by atoms with Crippen molar-refractivity contribution in [1.82, 2.24) is 0 Å². The maximum absolute atomic E-state index is 12.7. The zero-order valence-corrected chi connectivity index (χ0v) is 8.52. The molecule has 6 heteroatoms. The van der Waals surface area contributed by atoms with E-state index in [1.54, 1.807) is 6.07 Å². The molecule has 90 valence electrons. The lowest BCUT2D eigenvalue weighted by molar-refractivity contribution is -0.286. The number of benzene rings is 1. The topological polar surface area (TPSA) is 55.8 Å². The molecule has 1 aliphatic rings. The van der Waals surface area contributed by atoms with Crippen molar-refractivity contribution in [2.45, 2.75) is 12.7 Å². The number of carbonyl (C=O) groups is 1. The summed E-state index contributed by atoms with van der Waals surface area (Å²) in [5.41, 5.74) is 0.655. The smallest absolute Gasteiger partial charge is 0.478 e. The number of hydrogen-bond donors (Lipinski definition) is 1. The first-order valence-corrected chi connectivity index (χ1v) is 4.74. The summed E-state index contributed by atoms with van der Waals surface area (Å²) < 4.78 is 33.9. The number of carboxylic acids is 1. The van der Waals surface area contributed by atoms with Gasteiger partial charge in [0.15, 0.2) is 11.5 Å². The van der Waals surface area contributed by atoms with Crippen LogP contribution in [0.2, 0.25) is 0 Å². The van der Waals surface area contributed by atoms with Crippen molar-refractivity contribution >= 4 is 5.97 Å². The van der Waals surface area contributed by atoms with Gasteiger partial charge in [-0.1, -0.05) is 12.1 Å². The Morgan fingerprint density at radius 2 is 2.06 bits per heavy atom. The number of rotatable bonds is 3. The molecule has 0 aromatic heterocycles. The zero-order valence-electron chi connectivity index (χ0n) is 8.52. The third kappa shape index (κ3) is 2.72. The number of hydrogen-bond acceptors (Lipinski definition) is 3. The molecule has 1 aromatic carbocycles. The molecule has 1 aliphatic heterocycles. The van der Waals surface area contributed by atoms with Gasteiger partial charge in [0.25, 0.3) is 0 Å². The molecule has 1 aromatic rings. The Labute approximate surface area is 95.1 Å². The molecule has 17 heavy (non-hydrogen) atoms. The Morgan fingerprint density at radius 1 is 1.35 bits per heavy atom. The summed E-state index contributed by atoms with van der Waals surface area (Å²) in [7, 11) is 0. The summed E-state index contributed by atoms with van der Waals surface area (Å²) in [6.07, 6.45) is -0.913. The fourth-order valence-corrected chi connectivity index (χ4v) is 1.42. The predicted octanol–water partition coefficient (Wildman–Crippen LogP) is 2.19. The molecule has 4 nitrogen and oxygen atoms in total. The molecule has 0 saturated heterocycles. The van der Waals surface area contributed by atoms with E-state index in [1.165, 1.54) is 18.2 Å². The van der Waals surface area contributed by atoms with Crippen LogP contribution in [0.3, 0.4) is 0 Å². The summed E-state index contributed by atoms with van der Waals surface area (Å²) >= 11 is 0. The second-order valence-corrected chi connectivity index (χ2v) is 3.39. The van der Waals surface area contributed by atoms with Gasteiger partial charge in [0, 0.05) is 6.08 Å². The average Bonchev–Trinajstić information content (AvgIpc) is 2.50. The third-order valence-corrected chi connectivity index (χ3v) is 2.08. The molecule has 0 atom stereocenters. The zero-order chi connectivity index (χ0) is 12.5. The van der Waals surface area contributed by atoms with Crippen molar-refractivity contribution in [3.05, 3.63) is 35.9 Å². The van der Waals surface area contributed by atoms with Crippen LogP contribution in [0.25, 0.3) is 0 Å². The van der Waals surface area contributed by atoms with Crippen molar-refractivity contribution in [2.24, 2.45) is 0 Å². The molecular weight excluding hydrogens is 234 g/mol. The number of alkyl halides is 2. The van der Waals surface area contributed by atoms with Crippen LogP contribution in [0.4, 0.5) is 8.78 Å². The van der Waals surface area contributed by atoms with Gasteiger partial charge in [-0.25, -0.2) is 4.79 Å². The highest BCUT2D eigenvalue weighted by atomic mass is 19.3. The molecule has 2 rings (SSSR count). The highest BCUT2D eigenvalue weighted by molar-refractivity contribution is 5.79. The first-order chi connectivity index (χ1) is 7.96. The number of aliphatic carboxylic acids is 1. The van der Waals surface area contributed by atoms with Gasteiger partial charge < -0.3 is 14.6 Å². The average molecular weight is 242 g/mol. The largest absolute Gasteiger partial charge is 0.586 e. The van der Waals surface area contributed by atoms with Gasteiger partial charge in [0.1, 0.15) is 0 Å². The van der Waals surface area contributed by atoms with Gasteiger partial charge in [-0.3, -0.25) is 0 Å². The normalized spacial score (nSPS) is 16.4. The van der Waals surface area contributed by atoms with E-state index in [9.17, 15) is 13.6 Å². The monoisotopic (exact) mass is 242 g/mol. The Bertz CT molecular complexity index is 482. The molecule has 1 N–H and O–H groups in total. The van der Waals surface area contributed by atoms with Gasteiger partial charge in [0.05, 0.1) is 0 Å². The lowest BCUT2D eigenvalue weighted by Gasteiger charge is -2.04. The summed E-state index contributed by atoms with van der Waals surface area (Å²) in [5.74, 6) is -1.13. The quantitative estimate of drug-likeness (QED) is 0.825. The van der Waals surface area contributed by atoms with E-state index in [0.717, 1.165) is 6.08 Å². The van der Waals surface area contributed by atoms with Crippen LogP contribution >= 0.6 is 0 Å². The third-order valence-electron chi connectivity index (χ3n) is 2.08. The molecule has 0 amide bonds. The van der Waals surface area contributed by atoms with Crippen molar-refractivity contribution < 1.29 is 28.2 Å². The minimum absolute atomic E-state index is 0.0269. The first kappa shape index (κ1) is 11.4. The fraction of sp³-hybridized carbons (Fsp3) is 0.182. The standard InChI is InChI=1S/C11H8F2O4/c12-11(13)16-8-5-4-7(6-9(8)17-11)2-1-3-10(14)15/h1,3-6H,2H2,(H,14,15)/b3-1+. The van der Waals surface area contributed by atoms with E-state index in [4.69, 9.17) is 5.11 Å². The number of fused-ring (bicyclic) bond motifs is 1. The second kappa shape index (κ2) is 4.04. The summed E-state index contributed by atoms with van der Waals surface area (Å²) in [4.78, 5) is 10.2. The van der Waals surface area contributed by atoms with Gasteiger partial charge in [0.2, 0.25) is 0 Å². The number of allylic oxidation sites excluding steroid dienone is 1. The van der Waals surface area contributed by atoms with E-state index in [1.807, 2.05) is 0 Å². The fourth-order valence-electron chi connectivity index (χ4n) is 1.42. The van der Waals surface area contributed by atoms with Crippen LogP contribution in [0.15, 0.2) is 30.4 Å². The SMILES string of the molecule is O=C(O)/C=C/Cc1ccc2c(c1)OC(F)(F)O2. The molecule has 0 bridgehead atoms. The van der Waals surface area contributed by atoms with Gasteiger partial charge in [-0.2, -0.15) is 0 Å². The van der Waals surface area contributed by atoms with Gasteiger partial charge in [-0.05, 0) is 24.1 Å². The molecular formula is C11H8F2O4. The van der Waals surface area contributed by atoms with Crippen LogP contribution in [-0.4, -0.2) is 17.4 Å². The predicted molar refractivity (Wildman–Crippen MR) is 53.1 cm³/mol. The first-order valence-electron chi connectivity index (χ1n) is 4.74. The van der Waals surface area contributed by atoms with E-state index in [0.29, 0.717) is 12.0 Å². The lowest BCUT2D eigenvalue weighted by atomic mass is 10.1. The minimum Gasteiger partial charge on any atom is -0.478 e. The second-order valence-electron chi connectivity index (χ2n) is 3.39. The Hall–Kier alpha value is -2.11. The number of carboxylic acid groups (broad SMARTS) is 1. The maximum Gasteiger partial charge on any atom is 0.586 e. The molecule has 0 fully saturated rings. The highest BCUT2D eigenvalue weighted by Gasteiger charge is 2.43. The molecule has 0 saturated carbocycles. The summed E-state index contributed by atoms with van der Waals surface area (Å²) in [6, 6.07) is 4.32. The Kier molecular flexibility index (Phi) is 2.71. The highest BCUT2D eigenvalue weighted by Crippen LogP contribution is 2.41. The molecule has 0 spiro atoms. The Morgan fingerprint density at radius 3 is 2.76 bits per heavy atom. The van der Waals surface area contributed by atoms with Crippen LogP contribution in [0, 0.1) is 0 Å². The molecule has 0 radical (unpaired) electrons. The summed E-state index contributed by atoms with van der Waals surface area (Å²) in [5, 5.41) is 8.38. The van der Waals surface area contributed by atoms with E-state index in [2.05, 4.69) is 9.47 Å². The van der Waals surface area contributed by atoms with Crippen LogP contribution in [0.5, 0.6) is 11.5 Å². The summed E-state index contributed by atoms with van der Waals surface area (Å²) in [6.45, 7) is 0. The molecule has 0 aliphatic carbocycles. The number of halogens is 2. The Balaban J connectivity index is 2.11.